The molecule has 360 valence electrons. The van der Waals surface area contributed by atoms with Crippen LogP contribution in [-0.4, -0.2) is 114 Å². The number of fused-ring (bicyclic) bond motifs is 2. The molecule has 0 saturated heterocycles. The van der Waals surface area contributed by atoms with E-state index in [9.17, 15) is 20.1 Å². The summed E-state index contributed by atoms with van der Waals surface area (Å²) in [4.78, 5) is 27.2. The maximum atomic E-state index is 14.7. The molecule has 3 aromatic rings. The van der Waals surface area contributed by atoms with E-state index in [4.69, 9.17) is 38.4 Å². The number of aryl methyl sites for hydroxylation is 1. The molecule has 2 heterocycles. The summed E-state index contributed by atoms with van der Waals surface area (Å²) in [5, 5.41) is 34.5. The average molecular weight is 914 g/mol. The van der Waals surface area contributed by atoms with Gasteiger partial charge in [0.15, 0.2) is 0 Å². The van der Waals surface area contributed by atoms with E-state index in [2.05, 4.69) is 23.7 Å². The van der Waals surface area contributed by atoms with Gasteiger partial charge in [0.25, 0.3) is 0 Å². The summed E-state index contributed by atoms with van der Waals surface area (Å²) in [6.45, 7) is 13.0. The van der Waals surface area contributed by atoms with Crippen LogP contribution in [-0.2, 0) is 37.0 Å². The van der Waals surface area contributed by atoms with Crippen LogP contribution in [0.25, 0.3) is 0 Å². The van der Waals surface area contributed by atoms with E-state index < -0.39 is 29.4 Å². The number of unbranched alkanes of at least 4 members (excludes halogenated alkanes) is 2. The van der Waals surface area contributed by atoms with Crippen molar-refractivity contribution in [3.8, 4) is 11.5 Å². The number of allylic oxidation sites excluding steroid dienone is 1. The van der Waals surface area contributed by atoms with Crippen LogP contribution in [0.1, 0.15) is 94.1 Å². The summed E-state index contributed by atoms with van der Waals surface area (Å²) in [7, 11) is 0. The minimum atomic E-state index is -1.50. The Kier molecular flexibility index (Phi) is 19.0. The van der Waals surface area contributed by atoms with Crippen molar-refractivity contribution < 1.29 is 53.4 Å². The van der Waals surface area contributed by atoms with Gasteiger partial charge in [-0.25, -0.2) is 4.79 Å². The van der Waals surface area contributed by atoms with E-state index in [1.54, 1.807) is 11.0 Å². The fraction of sp³-hybridized carbons (Fsp3) is 0.558. The predicted molar refractivity (Wildman–Crippen MR) is 251 cm³/mol. The zero-order chi connectivity index (χ0) is 46.9. The topological polar surface area (TPSA) is 171 Å². The van der Waals surface area contributed by atoms with Crippen LogP contribution in [0, 0.1) is 24.7 Å². The molecule has 3 aliphatic rings. The van der Waals surface area contributed by atoms with Crippen LogP contribution in [0.15, 0.2) is 96.2 Å². The molecule has 2 aromatic carbocycles. The lowest BCUT2D eigenvalue weighted by Gasteiger charge is -2.60. The third kappa shape index (κ3) is 13.2. The van der Waals surface area contributed by atoms with Crippen molar-refractivity contribution in [2.24, 2.45) is 22.9 Å². The van der Waals surface area contributed by atoms with Crippen molar-refractivity contribution in [1.82, 2.24) is 9.88 Å². The predicted octanol–water partition coefficient (Wildman–Crippen LogP) is 8.07. The van der Waals surface area contributed by atoms with Gasteiger partial charge in [-0.05, 0) is 107 Å². The summed E-state index contributed by atoms with van der Waals surface area (Å²) in [5.41, 5.74) is 4.59. The molecule has 2 aliphatic carbocycles. The van der Waals surface area contributed by atoms with Gasteiger partial charge in [0.2, 0.25) is 5.79 Å². The normalized spacial score (nSPS) is 22.7. The maximum Gasteiger partial charge on any atom is 0.410 e. The molecule has 3 N–H and O–H groups in total. The molecule has 1 aliphatic heterocycles. The Morgan fingerprint density at radius 2 is 1.71 bits per heavy atom. The second-order valence-corrected chi connectivity index (χ2v) is 18.2. The van der Waals surface area contributed by atoms with Crippen LogP contribution in [0.2, 0.25) is 0 Å². The van der Waals surface area contributed by atoms with E-state index in [0.29, 0.717) is 36.7 Å². The highest BCUT2D eigenvalue weighted by Gasteiger charge is 2.65. The number of carbonyl (C=O) groups is 1. The quantitative estimate of drug-likeness (QED) is 0.0403. The molecule has 1 aromatic heterocycles. The molecule has 14 nitrogen and oxygen atoms in total. The van der Waals surface area contributed by atoms with Crippen molar-refractivity contribution in [1.29, 1.82) is 0 Å². The number of ether oxygens (including phenoxy) is 6. The molecule has 14 heteroatoms. The number of amides is 1. The Morgan fingerprint density at radius 3 is 2.44 bits per heavy atom. The molecule has 66 heavy (non-hydrogen) atoms. The molecule has 0 spiro atoms. The fourth-order valence-electron chi connectivity index (χ4n) is 9.51. The number of aliphatic hydroxyl groups is 3. The first-order valence-corrected chi connectivity index (χ1v) is 23.6. The van der Waals surface area contributed by atoms with Gasteiger partial charge in [-0.15, -0.1) is 6.58 Å². The molecular formula is C52H71N3O11. The minimum Gasteiger partial charge on any atom is -0.487 e. The Balaban J connectivity index is 1.49. The van der Waals surface area contributed by atoms with E-state index in [1.165, 1.54) is 0 Å². The van der Waals surface area contributed by atoms with Crippen LogP contribution in [0.5, 0.6) is 11.5 Å². The van der Waals surface area contributed by atoms with Crippen molar-refractivity contribution >= 4 is 11.8 Å². The van der Waals surface area contributed by atoms with Gasteiger partial charge < -0.3 is 48.6 Å². The molecule has 1 fully saturated rings. The Bertz CT molecular complexity index is 2060. The number of nitrogens with zero attached hydrogens (tertiary/aromatic N) is 3. The van der Waals surface area contributed by atoms with Gasteiger partial charge in [-0.1, -0.05) is 66.5 Å². The van der Waals surface area contributed by atoms with Crippen LogP contribution in [0.3, 0.4) is 0 Å². The molecular weight excluding hydrogens is 843 g/mol. The van der Waals surface area contributed by atoms with Gasteiger partial charge >= 0.3 is 6.09 Å². The highest BCUT2D eigenvalue weighted by Crippen LogP contribution is 2.62. The number of oxime groups is 1. The molecule has 1 saturated carbocycles. The van der Waals surface area contributed by atoms with Gasteiger partial charge in [0.1, 0.15) is 36.4 Å². The molecule has 6 rings (SSSR count). The number of rotatable bonds is 26. The molecule has 1 amide bonds. The number of benzene rings is 2. The van der Waals surface area contributed by atoms with Gasteiger partial charge in [-0.2, -0.15) is 0 Å². The first-order valence-electron chi connectivity index (χ1n) is 23.6. The zero-order valence-corrected chi connectivity index (χ0v) is 39.3. The highest BCUT2D eigenvalue weighted by molar-refractivity contribution is 6.03. The number of hydrogen-bond donors (Lipinski definition) is 3. The molecule has 0 radical (unpaired) electrons. The minimum absolute atomic E-state index is 0.00875. The summed E-state index contributed by atoms with van der Waals surface area (Å²) >= 11 is 0. The number of carbonyl (C=O) groups excluding carboxylic acids is 1. The smallest absolute Gasteiger partial charge is 0.410 e. The average Bonchev–Trinajstić information content (AvgIpc) is 3.30. The second kappa shape index (κ2) is 24.8. The van der Waals surface area contributed by atoms with Crippen LogP contribution < -0.4 is 9.47 Å². The Labute approximate surface area is 390 Å². The van der Waals surface area contributed by atoms with Gasteiger partial charge in [-0.3, -0.25) is 9.88 Å². The number of hydrogen-bond acceptors (Lipinski definition) is 13. The van der Waals surface area contributed by atoms with Gasteiger partial charge in [0.05, 0.1) is 57.0 Å². The zero-order valence-electron chi connectivity index (χ0n) is 39.3. The lowest BCUT2D eigenvalue weighted by Crippen LogP contribution is -2.70. The molecule has 0 bridgehead atoms. The summed E-state index contributed by atoms with van der Waals surface area (Å²) < 4.78 is 38.6. The van der Waals surface area contributed by atoms with Crippen LogP contribution in [0.4, 0.5) is 4.79 Å². The number of aromatic nitrogens is 1. The van der Waals surface area contributed by atoms with Gasteiger partial charge in [0, 0.05) is 43.4 Å². The van der Waals surface area contributed by atoms with Crippen molar-refractivity contribution in [3.05, 3.63) is 114 Å². The van der Waals surface area contributed by atoms with Crippen molar-refractivity contribution in [2.45, 2.75) is 109 Å². The largest absolute Gasteiger partial charge is 0.487 e. The standard InChI is InChI=1S/C52H71N3O11/c1-6-27-64-52-47(55(23-28-60-29-26-58)50(59)62-31-30-61-35-38-16-8-7-9-17-38)34-45(54-66-51(3,4)5)43-32-39(18-10-12-24-56)42(20-11-13-25-57)48(49(43)52)44-33-41(21-22-46(44)65-52)63-36-40-19-14-15-37(2)53-40/h6-9,14-17,19,21-22,32-33,39,42,47-49,56-58H,1,10-13,18,20,23-31,34-36H2,2-5H3/t39-,42+,47-,48+,49+,52+/m0/s1. The summed E-state index contributed by atoms with van der Waals surface area (Å²) in [6, 6.07) is 20.7. The summed E-state index contributed by atoms with van der Waals surface area (Å²) in [5.74, 6) is -0.969. The fourth-order valence-corrected chi connectivity index (χ4v) is 9.51. The number of aliphatic hydroxyl groups excluding tert-OH is 3. The third-order valence-electron chi connectivity index (χ3n) is 12.3. The van der Waals surface area contributed by atoms with E-state index >= 15 is 0 Å². The van der Waals surface area contributed by atoms with Crippen LogP contribution >= 0.6 is 0 Å². The van der Waals surface area contributed by atoms with E-state index in [1.807, 2.05) is 88.4 Å². The maximum absolute atomic E-state index is 14.7. The molecule has 6 atom stereocenters. The second-order valence-electron chi connectivity index (χ2n) is 18.2. The van der Waals surface area contributed by atoms with Crippen molar-refractivity contribution in [3.63, 3.8) is 0 Å². The first-order chi connectivity index (χ1) is 32.0. The summed E-state index contributed by atoms with van der Waals surface area (Å²) in [6.07, 6.45) is 8.04. The Hall–Kier alpha value is -4.83. The SMILES string of the molecule is C=CCO[C@@]12Oc3ccc(OCc4cccc(C)n4)cc3[C@H]3[C@H](CCCCO)[C@@H](CCCCO)C=C(C(=NOC(C)(C)C)C[C@@H]1N(CCOCCO)C(=O)OCCOCc1ccccc1)[C@H]32. The van der Waals surface area contributed by atoms with E-state index in [-0.39, 0.29) is 90.2 Å². The lowest BCUT2D eigenvalue weighted by atomic mass is 9.55. The lowest BCUT2D eigenvalue weighted by molar-refractivity contribution is -0.256. The van der Waals surface area contributed by atoms with Crippen molar-refractivity contribution in [2.75, 3.05) is 59.4 Å². The van der Waals surface area contributed by atoms with E-state index in [0.717, 1.165) is 53.8 Å². The first kappa shape index (κ1) is 50.6. The third-order valence-corrected chi connectivity index (χ3v) is 12.3. The highest BCUT2D eigenvalue weighted by atomic mass is 16.7. The Morgan fingerprint density at radius 1 is 0.924 bits per heavy atom. The monoisotopic (exact) mass is 914 g/mol. The molecule has 0 unspecified atom stereocenters. The number of pyridine rings is 1.